The Bertz CT molecular complexity index is 1250. The molecular weight excluding hydrogens is 422 g/mol. The van der Waals surface area contributed by atoms with Crippen molar-refractivity contribution in [3.8, 4) is 5.75 Å². The Morgan fingerprint density at radius 2 is 1.71 bits per heavy atom. The van der Waals surface area contributed by atoms with Crippen LogP contribution in [0.25, 0.3) is 11.0 Å². The highest BCUT2D eigenvalue weighted by atomic mass is 16.5. The molecule has 1 heterocycles. The highest BCUT2D eigenvalue weighted by Gasteiger charge is 2.11. The Hall–Kier alpha value is -3.60. The molecule has 0 atom stereocenters. The van der Waals surface area contributed by atoms with Crippen molar-refractivity contribution in [3.05, 3.63) is 95.3 Å². The van der Waals surface area contributed by atoms with Crippen molar-refractivity contribution < 1.29 is 9.53 Å². The minimum atomic E-state index is -0.000831. The number of aryl methyl sites for hydroxylation is 3. The lowest BCUT2D eigenvalue weighted by atomic mass is 10.1. The van der Waals surface area contributed by atoms with Crippen LogP contribution in [0.15, 0.2) is 72.8 Å². The minimum absolute atomic E-state index is 0.000831. The van der Waals surface area contributed by atoms with Crippen molar-refractivity contribution in [2.75, 3.05) is 13.2 Å². The lowest BCUT2D eigenvalue weighted by Crippen LogP contribution is -2.24. The molecule has 0 aliphatic carbocycles. The van der Waals surface area contributed by atoms with Gasteiger partial charge in [0.15, 0.2) is 0 Å². The van der Waals surface area contributed by atoms with E-state index in [0.717, 1.165) is 66.0 Å². The van der Waals surface area contributed by atoms with Crippen molar-refractivity contribution in [3.63, 3.8) is 0 Å². The fourth-order valence-electron chi connectivity index (χ4n) is 4.20. The maximum atomic E-state index is 12.3. The third-order valence-electron chi connectivity index (χ3n) is 5.95. The first-order valence-electron chi connectivity index (χ1n) is 12.1. The van der Waals surface area contributed by atoms with Gasteiger partial charge in [-0.2, -0.15) is 0 Å². The number of rotatable bonds is 11. The largest absolute Gasteiger partial charge is 0.492 e. The van der Waals surface area contributed by atoms with Gasteiger partial charge in [-0.1, -0.05) is 48.4 Å². The summed E-state index contributed by atoms with van der Waals surface area (Å²) in [6.07, 6.45) is 3.93. The van der Waals surface area contributed by atoms with Gasteiger partial charge in [0.1, 0.15) is 18.2 Å². The lowest BCUT2D eigenvalue weighted by molar-refractivity contribution is 0.0953. The van der Waals surface area contributed by atoms with Crippen LogP contribution in [-0.2, 0) is 13.0 Å². The molecule has 0 aliphatic heterocycles. The zero-order valence-electron chi connectivity index (χ0n) is 20.1. The zero-order valence-corrected chi connectivity index (χ0v) is 20.1. The number of imidazole rings is 1. The first-order chi connectivity index (χ1) is 16.6. The van der Waals surface area contributed by atoms with Gasteiger partial charge in [0.25, 0.3) is 5.91 Å². The monoisotopic (exact) mass is 455 g/mol. The normalized spacial score (nSPS) is 11.0. The van der Waals surface area contributed by atoms with E-state index in [2.05, 4.69) is 47.1 Å². The van der Waals surface area contributed by atoms with Crippen molar-refractivity contribution in [2.24, 2.45) is 0 Å². The summed E-state index contributed by atoms with van der Waals surface area (Å²) in [6, 6.07) is 24.1. The lowest BCUT2D eigenvalue weighted by Gasteiger charge is -2.11. The summed E-state index contributed by atoms with van der Waals surface area (Å²) < 4.78 is 8.28. The third-order valence-corrected chi connectivity index (χ3v) is 5.95. The number of carbonyl (C=O) groups is 1. The van der Waals surface area contributed by atoms with Gasteiger partial charge in [-0.05, 0) is 68.7 Å². The number of carbonyl (C=O) groups excluding carboxylic acids is 1. The number of ether oxygens (including phenoxy) is 1. The number of hydrogen-bond acceptors (Lipinski definition) is 3. The Morgan fingerprint density at radius 1 is 0.912 bits per heavy atom. The standard InChI is InChI=1S/C29H33N3O2/c1-22-10-8-12-24(20-22)29(33)30-17-7-3-4-16-28-31-26-14-5-6-15-27(26)32(28)18-19-34-25-13-9-11-23(2)21-25/h5-6,8-15,20-21H,3-4,7,16-19H2,1-2H3,(H,30,33). The van der Waals surface area contributed by atoms with Crippen LogP contribution < -0.4 is 10.1 Å². The van der Waals surface area contributed by atoms with Crippen molar-refractivity contribution >= 4 is 16.9 Å². The summed E-state index contributed by atoms with van der Waals surface area (Å²) in [5.41, 5.74) is 5.19. The summed E-state index contributed by atoms with van der Waals surface area (Å²) in [5, 5.41) is 3.03. The van der Waals surface area contributed by atoms with Gasteiger partial charge >= 0.3 is 0 Å². The van der Waals surface area contributed by atoms with Crippen molar-refractivity contribution in [1.82, 2.24) is 14.9 Å². The number of benzene rings is 3. The second kappa shape index (κ2) is 11.5. The predicted octanol–water partition coefficient (Wildman–Crippen LogP) is 5.87. The van der Waals surface area contributed by atoms with Crippen LogP contribution in [0.5, 0.6) is 5.75 Å². The average molecular weight is 456 g/mol. The quantitative estimate of drug-likeness (QED) is 0.288. The SMILES string of the molecule is Cc1cccc(OCCn2c(CCCCCNC(=O)c3cccc(C)c3)nc3ccccc32)c1. The van der Waals surface area contributed by atoms with Gasteiger partial charge < -0.3 is 14.6 Å². The number of amides is 1. The molecule has 0 aliphatic rings. The average Bonchev–Trinajstić information content (AvgIpc) is 3.18. The number of unbranched alkanes of at least 4 members (excludes halogenated alkanes) is 2. The van der Waals surface area contributed by atoms with Gasteiger partial charge in [0.05, 0.1) is 17.6 Å². The van der Waals surface area contributed by atoms with Crippen LogP contribution >= 0.6 is 0 Å². The van der Waals surface area contributed by atoms with Crippen LogP contribution in [0.3, 0.4) is 0 Å². The van der Waals surface area contributed by atoms with Gasteiger partial charge in [0.2, 0.25) is 0 Å². The van der Waals surface area contributed by atoms with Crippen LogP contribution in [0, 0.1) is 13.8 Å². The van der Waals surface area contributed by atoms with Gasteiger partial charge in [-0.3, -0.25) is 4.79 Å². The van der Waals surface area contributed by atoms with E-state index in [0.29, 0.717) is 13.2 Å². The Balaban J connectivity index is 1.27. The van der Waals surface area contributed by atoms with Gasteiger partial charge in [0, 0.05) is 18.5 Å². The van der Waals surface area contributed by atoms with Crippen molar-refractivity contribution in [1.29, 1.82) is 0 Å². The highest BCUT2D eigenvalue weighted by Crippen LogP contribution is 2.19. The molecule has 0 spiro atoms. The van der Waals surface area contributed by atoms with E-state index in [1.54, 1.807) is 0 Å². The topological polar surface area (TPSA) is 56.1 Å². The van der Waals surface area contributed by atoms with E-state index < -0.39 is 0 Å². The van der Waals surface area contributed by atoms with Crippen LogP contribution in [0.1, 0.15) is 46.6 Å². The number of fused-ring (bicyclic) bond motifs is 1. The van der Waals surface area contributed by atoms with E-state index in [1.165, 1.54) is 5.56 Å². The zero-order chi connectivity index (χ0) is 23.8. The summed E-state index contributed by atoms with van der Waals surface area (Å²) in [4.78, 5) is 17.2. The predicted molar refractivity (Wildman–Crippen MR) is 137 cm³/mol. The summed E-state index contributed by atoms with van der Waals surface area (Å²) in [7, 11) is 0. The molecule has 4 aromatic rings. The third kappa shape index (κ3) is 6.25. The van der Waals surface area contributed by atoms with E-state index in [4.69, 9.17) is 9.72 Å². The molecule has 0 radical (unpaired) electrons. The maximum absolute atomic E-state index is 12.3. The fourth-order valence-corrected chi connectivity index (χ4v) is 4.20. The number of nitrogens with zero attached hydrogens (tertiary/aromatic N) is 2. The van der Waals surface area contributed by atoms with Crippen LogP contribution in [-0.4, -0.2) is 28.6 Å². The van der Waals surface area contributed by atoms with Crippen LogP contribution in [0.4, 0.5) is 0 Å². The van der Waals surface area contributed by atoms with Crippen LogP contribution in [0.2, 0.25) is 0 Å². The number of aromatic nitrogens is 2. The van der Waals surface area contributed by atoms with Gasteiger partial charge in [-0.15, -0.1) is 0 Å². The first kappa shape index (κ1) is 23.6. The van der Waals surface area contributed by atoms with E-state index in [-0.39, 0.29) is 5.91 Å². The molecule has 0 saturated carbocycles. The molecule has 0 saturated heterocycles. The molecule has 1 aromatic heterocycles. The second-order valence-electron chi connectivity index (χ2n) is 8.77. The Labute approximate surface area is 201 Å². The highest BCUT2D eigenvalue weighted by molar-refractivity contribution is 5.94. The summed E-state index contributed by atoms with van der Waals surface area (Å²) in [6.45, 7) is 6.12. The molecule has 0 unspecified atom stereocenters. The molecular formula is C29H33N3O2. The molecule has 176 valence electrons. The maximum Gasteiger partial charge on any atom is 0.251 e. The summed E-state index contributed by atoms with van der Waals surface area (Å²) in [5.74, 6) is 2.00. The first-order valence-corrected chi connectivity index (χ1v) is 12.1. The number of hydrogen-bond donors (Lipinski definition) is 1. The van der Waals surface area contributed by atoms with Gasteiger partial charge in [-0.25, -0.2) is 4.98 Å². The van der Waals surface area contributed by atoms with E-state index >= 15 is 0 Å². The molecule has 4 rings (SSSR count). The minimum Gasteiger partial charge on any atom is -0.492 e. The molecule has 3 aromatic carbocycles. The molecule has 1 N–H and O–H groups in total. The number of para-hydroxylation sites is 2. The molecule has 0 bridgehead atoms. The van der Waals surface area contributed by atoms with E-state index in [1.807, 2.05) is 49.4 Å². The fraction of sp³-hybridized carbons (Fsp3) is 0.310. The van der Waals surface area contributed by atoms with E-state index in [9.17, 15) is 4.79 Å². The molecule has 5 heteroatoms. The smallest absolute Gasteiger partial charge is 0.251 e. The molecule has 1 amide bonds. The molecule has 5 nitrogen and oxygen atoms in total. The molecule has 34 heavy (non-hydrogen) atoms. The molecule has 0 fully saturated rings. The number of nitrogens with one attached hydrogen (secondary N) is 1. The Morgan fingerprint density at radius 3 is 2.53 bits per heavy atom. The summed E-state index contributed by atoms with van der Waals surface area (Å²) >= 11 is 0. The Kier molecular flexibility index (Phi) is 7.97. The second-order valence-corrected chi connectivity index (χ2v) is 8.77. The van der Waals surface area contributed by atoms with Crippen molar-refractivity contribution in [2.45, 2.75) is 46.1 Å².